The van der Waals surface area contributed by atoms with Crippen molar-refractivity contribution in [3.63, 3.8) is 0 Å². The SMILES string of the molecule is O=C1/C(=C/c2cccc(Cl)c2)NC(=S)N1c1ccccc1. The highest BCUT2D eigenvalue weighted by molar-refractivity contribution is 7.80. The van der Waals surface area contributed by atoms with Crippen LogP contribution < -0.4 is 10.2 Å². The number of nitrogens with zero attached hydrogens (tertiary/aromatic N) is 1. The zero-order valence-corrected chi connectivity index (χ0v) is 12.5. The van der Waals surface area contributed by atoms with Crippen LogP contribution in [-0.4, -0.2) is 11.0 Å². The molecule has 0 bridgehead atoms. The summed E-state index contributed by atoms with van der Waals surface area (Å²) in [7, 11) is 0. The van der Waals surface area contributed by atoms with Gasteiger partial charge in [0.05, 0.1) is 5.69 Å². The fourth-order valence-electron chi connectivity index (χ4n) is 2.11. The Balaban J connectivity index is 1.94. The van der Waals surface area contributed by atoms with Crippen molar-refractivity contribution in [1.82, 2.24) is 5.32 Å². The van der Waals surface area contributed by atoms with Crippen LogP contribution in [-0.2, 0) is 4.79 Å². The van der Waals surface area contributed by atoms with Gasteiger partial charge in [0.25, 0.3) is 5.91 Å². The van der Waals surface area contributed by atoms with Gasteiger partial charge >= 0.3 is 0 Å². The van der Waals surface area contributed by atoms with Crippen LogP contribution >= 0.6 is 23.8 Å². The number of hydrogen-bond acceptors (Lipinski definition) is 2. The van der Waals surface area contributed by atoms with Gasteiger partial charge in [0.1, 0.15) is 5.70 Å². The number of anilines is 1. The second-order valence-corrected chi connectivity index (χ2v) is 5.34. The van der Waals surface area contributed by atoms with Gasteiger partial charge in [-0.05, 0) is 48.1 Å². The van der Waals surface area contributed by atoms with Gasteiger partial charge in [-0.1, -0.05) is 41.9 Å². The molecule has 104 valence electrons. The number of carbonyl (C=O) groups excluding carboxylic acids is 1. The van der Waals surface area contributed by atoms with Gasteiger partial charge < -0.3 is 5.32 Å². The molecule has 3 rings (SSSR count). The molecule has 0 atom stereocenters. The van der Waals surface area contributed by atoms with Crippen molar-refractivity contribution in [3.05, 3.63) is 70.9 Å². The molecule has 1 amide bonds. The van der Waals surface area contributed by atoms with Crippen molar-refractivity contribution in [2.24, 2.45) is 0 Å². The summed E-state index contributed by atoms with van der Waals surface area (Å²) >= 11 is 11.2. The highest BCUT2D eigenvalue weighted by Gasteiger charge is 2.31. The molecule has 1 fully saturated rings. The topological polar surface area (TPSA) is 32.3 Å². The van der Waals surface area contributed by atoms with E-state index in [-0.39, 0.29) is 5.91 Å². The van der Waals surface area contributed by atoms with E-state index in [9.17, 15) is 4.79 Å². The van der Waals surface area contributed by atoms with Crippen molar-refractivity contribution in [3.8, 4) is 0 Å². The normalized spacial score (nSPS) is 16.4. The maximum atomic E-state index is 12.5. The highest BCUT2D eigenvalue weighted by atomic mass is 35.5. The van der Waals surface area contributed by atoms with Crippen LogP contribution in [0.5, 0.6) is 0 Å². The third-order valence-corrected chi connectivity index (χ3v) is 3.57. The number of para-hydroxylation sites is 1. The molecule has 1 aliphatic heterocycles. The van der Waals surface area contributed by atoms with Gasteiger partial charge in [-0.15, -0.1) is 0 Å². The van der Waals surface area contributed by atoms with Crippen LogP contribution in [0, 0.1) is 0 Å². The molecule has 1 N–H and O–H groups in total. The molecule has 1 aliphatic rings. The van der Waals surface area contributed by atoms with Crippen LogP contribution in [0.2, 0.25) is 5.02 Å². The van der Waals surface area contributed by atoms with E-state index in [2.05, 4.69) is 5.32 Å². The summed E-state index contributed by atoms with van der Waals surface area (Å²) in [6.07, 6.45) is 1.74. The Labute approximate surface area is 132 Å². The van der Waals surface area contributed by atoms with Crippen LogP contribution in [0.15, 0.2) is 60.3 Å². The Morgan fingerprint density at radius 1 is 1.10 bits per heavy atom. The maximum absolute atomic E-state index is 12.5. The summed E-state index contributed by atoms with van der Waals surface area (Å²) in [6.45, 7) is 0. The van der Waals surface area contributed by atoms with E-state index >= 15 is 0 Å². The molecule has 0 aromatic heterocycles. The Morgan fingerprint density at radius 2 is 1.86 bits per heavy atom. The predicted molar refractivity (Wildman–Crippen MR) is 89.1 cm³/mol. The summed E-state index contributed by atoms with van der Waals surface area (Å²) in [6, 6.07) is 16.6. The third kappa shape index (κ3) is 2.82. The van der Waals surface area contributed by atoms with Crippen molar-refractivity contribution in [2.45, 2.75) is 0 Å². The molecule has 5 heteroatoms. The molecule has 2 aromatic carbocycles. The van der Waals surface area contributed by atoms with Crippen molar-refractivity contribution in [1.29, 1.82) is 0 Å². The minimum atomic E-state index is -0.175. The van der Waals surface area contributed by atoms with E-state index in [4.69, 9.17) is 23.8 Å². The molecule has 0 spiro atoms. The molecule has 2 aromatic rings. The van der Waals surface area contributed by atoms with E-state index in [0.29, 0.717) is 15.8 Å². The Morgan fingerprint density at radius 3 is 2.57 bits per heavy atom. The first-order valence-corrected chi connectivity index (χ1v) is 7.11. The molecule has 1 heterocycles. The zero-order chi connectivity index (χ0) is 14.8. The van der Waals surface area contributed by atoms with Gasteiger partial charge in [0.2, 0.25) is 0 Å². The molecular weight excluding hydrogens is 304 g/mol. The van der Waals surface area contributed by atoms with E-state index in [1.165, 1.54) is 4.90 Å². The van der Waals surface area contributed by atoms with E-state index < -0.39 is 0 Å². The lowest BCUT2D eigenvalue weighted by molar-refractivity contribution is -0.113. The number of thiocarbonyl (C=S) groups is 1. The average Bonchev–Trinajstić information content (AvgIpc) is 2.74. The number of halogens is 1. The summed E-state index contributed by atoms with van der Waals surface area (Å²) in [5, 5.41) is 3.94. The summed E-state index contributed by atoms with van der Waals surface area (Å²) in [5.74, 6) is -0.175. The van der Waals surface area contributed by atoms with E-state index in [0.717, 1.165) is 11.3 Å². The molecule has 1 saturated heterocycles. The Kier molecular flexibility index (Phi) is 3.73. The number of rotatable bonds is 2. The van der Waals surface area contributed by atoms with Gasteiger partial charge in [0.15, 0.2) is 5.11 Å². The number of hydrogen-bond donors (Lipinski definition) is 1. The molecule has 3 nitrogen and oxygen atoms in total. The van der Waals surface area contributed by atoms with Crippen molar-refractivity contribution < 1.29 is 4.79 Å². The smallest absolute Gasteiger partial charge is 0.281 e. The first-order valence-electron chi connectivity index (χ1n) is 6.33. The van der Waals surface area contributed by atoms with Gasteiger partial charge in [-0.2, -0.15) is 0 Å². The minimum Gasteiger partial charge on any atom is -0.327 e. The summed E-state index contributed by atoms with van der Waals surface area (Å²) in [4.78, 5) is 14.0. The lowest BCUT2D eigenvalue weighted by Crippen LogP contribution is -2.30. The van der Waals surface area contributed by atoms with Crippen molar-refractivity contribution in [2.75, 3.05) is 4.90 Å². The lowest BCUT2D eigenvalue weighted by atomic mass is 10.2. The third-order valence-electron chi connectivity index (χ3n) is 3.05. The Hall–Kier alpha value is -2.17. The molecule has 0 unspecified atom stereocenters. The fourth-order valence-corrected chi connectivity index (χ4v) is 2.61. The van der Waals surface area contributed by atoms with Crippen LogP contribution in [0.25, 0.3) is 6.08 Å². The Bertz CT molecular complexity index is 743. The number of nitrogens with one attached hydrogen (secondary N) is 1. The predicted octanol–water partition coefficient (Wildman–Crippen LogP) is 3.60. The highest BCUT2D eigenvalue weighted by Crippen LogP contribution is 2.22. The summed E-state index contributed by atoms with van der Waals surface area (Å²) in [5.41, 5.74) is 2.02. The second-order valence-electron chi connectivity index (χ2n) is 4.52. The zero-order valence-electron chi connectivity index (χ0n) is 10.9. The van der Waals surface area contributed by atoms with Gasteiger partial charge in [-0.25, -0.2) is 0 Å². The number of amides is 1. The van der Waals surface area contributed by atoms with Crippen LogP contribution in [0.4, 0.5) is 5.69 Å². The first-order chi connectivity index (χ1) is 10.1. The second kappa shape index (κ2) is 5.68. The standard InChI is InChI=1S/C16H11ClN2OS/c17-12-6-4-5-11(9-12)10-14-15(20)19(16(21)18-14)13-7-2-1-3-8-13/h1-10H,(H,18,21)/b14-10-. The number of benzene rings is 2. The van der Waals surface area contributed by atoms with E-state index in [1.54, 1.807) is 18.2 Å². The monoisotopic (exact) mass is 314 g/mol. The first kappa shape index (κ1) is 13.8. The molecule has 0 saturated carbocycles. The summed E-state index contributed by atoms with van der Waals surface area (Å²) < 4.78 is 0. The number of carbonyl (C=O) groups is 1. The molecule has 21 heavy (non-hydrogen) atoms. The molecule has 0 radical (unpaired) electrons. The lowest BCUT2D eigenvalue weighted by Gasteiger charge is -2.13. The molecule has 0 aliphatic carbocycles. The maximum Gasteiger partial charge on any atom is 0.281 e. The average molecular weight is 315 g/mol. The van der Waals surface area contributed by atoms with Gasteiger partial charge in [-0.3, -0.25) is 9.69 Å². The largest absolute Gasteiger partial charge is 0.327 e. The quantitative estimate of drug-likeness (QED) is 0.679. The van der Waals surface area contributed by atoms with Crippen LogP contribution in [0.1, 0.15) is 5.56 Å². The van der Waals surface area contributed by atoms with Crippen LogP contribution in [0.3, 0.4) is 0 Å². The van der Waals surface area contributed by atoms with Crippen molar-refractivity contribution >= 4 is 46.6 Å². The minimum absolute atomic E-state index is 0.175. The van der Waals surface area contributed by atoms with E-state index in [1.807, 2.05) is 42.5 Å². The van der Waals surface area contributed by atoms with Gasteiger partial charge in [0, 0.05) is 5.02 Å². The fraction of sp³-hybridized carbons (Fsp3) is 0. The molecular formula is C16H11ClN2OS.